The van der Waals surface area contributed by atoms with Gasteiger partial charge in [0.1, 0.15) is 18.8 Å². The molecule has 0 saturated heterocycles. The monoisotopic (exact) mass is 422 g/mol. The van der Waals surface area contributed by atoms with Gasteiger partial charge in [0.25, 0.3) is 11.8 Å². The minimum atomic E-state index is -2.81. The second-order valence-corrected chi connectivity index (χ2v) is 7.17. The number of ether oxygens (including phenoxy) is 2. The molecule has 0 fully saturated rings. The van der Waals surface area contributed by atoms with Gasteiger partial charge < -0.3 is 14.8 Å². The number of nitrogens with one attached hydrogen (secondary N) is 1. The molecule has 3 aromatic rings. The van der Waals surface area contributed by atoms with E-state index in [1.54, 1.807) is 16.8 Å². The summed E-state index contributed by atoms with van der Waals surface area (Å²) < 4.78 is 36.7. The van der Waals surface area contributed by atoms with Gasteiger partial charge in [0.2, 0.25) is 0 Å². The smallest absolute Gasteiger partial charge is 0.272 e. The second-order valence-electron chi connectivity index (χ2n) is 7.17. The lowest BCUT2D eigenvalue weighted by molar-refractivity contribution is -0.120. The maximum absolute atomic E-state index is 13.1. The van der Waals surface area contributed by atoms with E-state index < -0.39 is 24.8 Å². The molecule has 158 valence electrons. The Morgan fingerprint density at radius 2 is 2.13 bits per heavy atom. The first-order valence-electron chi connectivity index (χ1n) is 11.3. The Morgan fingerprint density at radius 1 is 1.26 bits per heavy atom. The van der Waals surface area contributed by atoms with Crippen molar-refractivity contribution in [2.75, 3.05) is 25.1 Å². The lowest BCUT2D eigenvalue weighted by Crippen LogP contribution is -2.49. The zero-order valence-corrected chi connectivity index (χ0v) is 16.4. The van der Waals surface area contributed by atoms with Crippen LogP contribution in [0.15, 0.2) is 54.7 Å². The van der Waals surface area contributed by atoms with E-state index in [4.69, 9.17) is 13.6 Å². The first-order chi connectivity index (χ1) is 16.3. The van der Waals surface area contributed by atoms with Gasteiger partial charge in [-0.3, -0.25) is 19.2 Å². The summed E-state index contributed by atoms with van der Waals surface area (Å²) in [5, 5.41) is 6.96. The molecular formula is C22H21N5O4. The molecule has 0 saturated carbocycles. The Labute approximate surface area is 182 Å². The number of aromatic nitrogens is 3. The predicted octanol–water partition coefficient (Wildman–Crippen LogP) is 1.55. The van der Waals surface area contributed by atoms with E-state index in [0.29, 0.717) is 23.7 Å². The largest absolute Gasteiger partial charge is 0.487 e. The van der Waals surface area contributed by atoms with Crippen molar-refractivity contribution >= 4 is 17.6 Å². The van der Waals surface area contributed by atoms with Crippen LogP contribution in [0.2, 0.25) is 0 Å². The van der Waals surface area contributed by atoms with Crippen LogP contribution in [0.1, 0.15) is 32.0 Å². The Kier molecular flexibility index (Phi) is 4.06. The molecule has 2 atom stereocenters. The number of likely N-dealkylation sites (N-methyl/N-ethyl adjacent to an activating group) is 1. The minimum Gasteiger partial charge on any atom is -0.487 e. The molecule has 5 rings (SSSR count). The van der Waals surface area contributed by atoms with E-state index in [2.05, 4.69) is 15.4 Å². The van der Waals surface area contributed by atoms with Crippen LogP contribution in [0.4, 0.5) is 5.82 Å². The van der Waals surface area contributed by atoms with Crippen molar-refractivity contribution in [2.45, 2.75) is 18.7 Å². The van der Waals surface area contributed by atoms with E-state index in [0.717, 1.165) is 5.56 Å². The molecule has 2 aliphatic heterocycles. The number of pyridine rings is 1. The van der Waals surface area contributed by atoms with Gasteiger partial charge in [-0.15, -0.1) is 0 Å². The fourth-order valence-electron chi connectivity index (χ4n) is 3.67. The summed E-state index contributed by atoms with van der Waals surface area (Å²) in [6.07, 6.45) is 0.993. The third kappa shape index (κ3) is 3.53. The van der Waals surface area contributed by atoms with Crippen molar-refractivity contribution in [1.29, 1.82) is 0 Å². The van der Waals surface area contributed by atoms with Crippen molar-refractivity contribution in [2.24, 2.45) is 0 Å². The summed E-state index contributed by atoms with van der Waals surface area (Å²) in [6.45, 7) is -2.15. The SMILES string of the molecule is [2H]C([2H])([2H])N1C(=O)[C@@H](NC(=O)c2cc3n(n2)CCO[C@H]3c2ccccc2)COc2cccnc21. The van der Waals surface area contributed by atoms with Gasteiger partial charge in [-0.1, -0.05) is 30.3 Å². The third-order valence-corrected chi connectivity index (χ3v) is 5.19. The molecule has 0 radical (unpaired) electrons. The fraction of sp³-hybridized carbons (Fsp3) is 0.273. The number of hydrogen-bond donors (Lipinski definition) is 1. The van der Waals surface area contributed by atoms with Crippen LogP contribution >= 0.6 is 0 Å². The maximum atomic E-state index is 13.1. The average molecular weight is 422 g/mol. The summed E-state index contributed by atoms with van der Waals surface area (Å²) in [4.78, 5) is 30.8. The van der Waals surface area contributed by atoms with Crippen LogP contribution in [-0.4, -0.2) is 52.8 Å². The number of fused-ring (bicyclic) bond motifs is 2. The molecule has 31 heavy (non-hydrogen) atoms. The molecule has 4 heterocycles. The highest BCUT2D eigenvalue weighted by Gasteiger charge is 2.33. The first kappa shape index (κ1) is 16.0. The summed E-state index contributed by atoms with van der Waals surface area (Å²) in [7, 11) is 0. The summed E-state index contributed by atoms with van der Waals surface area (Å²) in [6, 6.07) is 13.0. The lowest BCUT2D eigenvalue weighted by atomic mass is 10.1. The zero-order valence-electron chi connectivity index (χ0n) is 19.4. The van der Waals surface area contributed by atoms with Crippen LogP contribution in [0.25, 0.3) is 0 Å². The van der Waals surface area contributed by atoms with Crippen molar-refractivity contribution in [3.63, 3.8) is 0 Å². The van der Waals surface area contributed by atoms with Crippen LogP contribution in [0.3, 0.4) is 0 Å². The normalized spacial score (nSPS) is 22.1. The zero-order chi connectivity index (χ0) is 23.9. The summed E-state index contributed by atoms with van der Waals surface area (Å²) in [5.41, 5.74) is 1.74. The molecule has 1 N–H and O–H groups in total. The number of amides is 2. The number of benzene rings is 1. The topological polar surface area (TPSA) is 98.6 Å². The van der Waals surface area contributed by atoms with Crippen molar-refractivity contribution in [3.8, 4) is 5.75 Å². The number of anilines is 1. The fourth-order valence-corrected chi connectivity index (χ4v) is 3.67. The molecule has 9 nitrogen and oxygen atoms in total. The first-order valence-corrected chi connectivity index (χ1v) is 9.80. The van der Waals surface area contributed by atoms with Gasteiger partial charge in [-0.05, 0) is 23.8 Å². The highest BCUT2D eigenvalue weighted by Crippen LogP contribution is 2.30. The van der Waals surface area contributed by atoms with Crippen LogP contribution in [0, 0.1) is 0 Å². The highest BCUT2D eigenvalue weighted by atomic mass is 16.5. The summed E-state index contributed by atoms with van der Waals surface area (Å²) >= 11 is 0. The van der Waals surface area contributed by atoms with Crippen molar-refractivity contribution < 1.29 is 23.2 Å². The molecule has 2 aliphatic rings. The number of nitrogens with zero attached hydrogens (tertiary/aromatic N) is 4. The van der Waals surface area contributed by atoms with Gasteiger partial charge in [0, 0.05) is 17.3 Å². The third-order valence-electron chi connectivity index (χ3n) is 5.19. The minimum absolute atomic E-state index is 0.0922. The average Bonchev–Trinajstić information content (AvgIpc) is 3.21. The molecule has 2 aromatic heterocycles. The van der Waals surface area contributed by atoms with E-state index in [9.17, 15) is 9.59 Å². The quantitative estimate of drug-likeness (QED) is 0.688. The molecule has 0 aliphatic carbocycles. The number of carbonyl (C=O) groups excluding carboxylic acids is 2. The lowest BCUT2D eigenvalue weighted by Gasteiger charge is -2.24. The number of carbonyl (C=O) groups is 2. The molecule has 0 unspecified atom stereocenters. The highest BCUT2D eigenvalue weighted by molar-refractivity contribution is 6.02. The molecule has 9 heteroatoms. The number of rotatable bonds is 3. The standard InChI is InChI=1S/C22H21N5O4/c1-26-20-18(8-5-9-23-20)31-13-16(22(26)29)24-21(28)15-12-17-19(14-6-3-2-4-7-14)30-11-10-27(17)25-15/h2-9,12,16,19H,10-11,13H2,1H3,(H,24,28)/t16-,19-/m0/s1/i1D3. The Bertz CT molecular complexity index is 1230. The Morgan fingerprint density at radius 3 is 2.97 bits per heavy atom. The molecule has 0 bridgehead atoms. The van der Waals surface area contributed by atoms with Crippen LogP contribution in [-0.2, 0) is 16.1 Å². The van der Waals surface area contributed by atoms with E-state index in [-0.39, 0.29) is 30.0 Å². The Balaban J connectivity index is 1.40. The van der Waals surface area contributed by atoms with Gasteiger partial charge in [-0.2, -0.15) is 5.10 Å². The predicted molar refractivity (Wildman–Crippen MR) is 111 cm³/mol. The van der Waals surface area contributed by atoms with E-state index in [1.807, 2.05) is 30.3 Å². The molecule has 0 spiro atoms. The number of hydrogen-bond acceptors (Lipinski definition) is 6. The molecule has 1 aromatic carbocycles. The molecule has 2 amide bonds. The van der Waals surface area contributed by atoms with Gasteiger partial charge in [0.05, 0.1) is 18.8 Å². The molecular weight excluding hydrogens is 398 g/mol. The van der Waals surface area contributed by atoms with Gasteiger partial charge >= 0.3 is 0 Å². The van der Waals surface area contributed by atoms with Crippen molar-refractivity contribution in [3.05, 3.63) is 71.7 Å². The van der Waals surface area contributed by atoms with E-state index >= 15 is 0 Å². The van der Waals surface area contributed by atoms with Crippen LogP contribution in [0.5, 0.6) is 5.75 Å². The van der Waals surface area contributed by atoms with Gasteiger partial charge in [-0.25, -0.2) is 4.98 Å². The second kappa shape index (κ2) is 7.84. The van der Waals surface area contributed by atoms with Crippen LogP contribution < -0.4 is 15.0 Å². The summed E-state index contributed by atoms with van der Waals surface area (Å²) in [5.74, 6) is -1.45. The van der Waals surface area contributed by atoms with Crippen molar-refractivity contribution in [1.82, 2.24) is 20.1 Å². The van der Waals surface area contributed by atoms with E-state index in [1.165, 1.54) is 12.3 Å². The maximum Gasteiger partial charge on any atom is 0.272 e. The van der Waals surface area contributed by atoms with Gasteiger partial charge in [0.15, 0.2) is 17.3 Å². The Hall–Kier alpha value is -3.72.